The summed E-state index contributed by atoms with van der Waals surface area (Å²) < 4.78 is 0. The van der Waals surface area contributed by atoms with Crippen molar-refractivity contribution in [2.24, 2.45) is 17.8 Å². The number of hydrogen-bond donors (Lipinski definition) is 0. The minimum atomic E-state index is -1.87. The first-order valence-electron chi connectivity index (χ1n) is 13.0. The fourth-order valence-corrected chi connectivity index (χ4v) is 3.33. The molecule has 0 aliphatic carbocycles. The molecule has 0 saturated heterocycles. The molecule has 37 heavy (non-hydrogen) atoms. The standard InChI is InChI=1S/C24H45BO9.3Bi.9H/c1-7-13-16-19(10-4)22(26)29-32-25(33-30-23(27)20(11-5)17-14-8-2)34-31-24(28)21(12-6)18-15-9-3;;;;;;;;;;;;/h19-21H,7-18H2,1-6H3;;;;;;;;;;;;. The molecule has 9 nitrogen and oxygen atoms in total. The average Bonchev–Trinajstić information content (AvgIpc) is 2.84. The molecule has 0 spiro atoms. The van der Waals surface area contributed by atoms with E-state index in [1.165, 1.54) is 0 Å². The Labute approximate surface area is 281 Å². The number of carbonyl (C=O) groups is 3. The van der Waals surface area contributed by atoms with Crippen molar-refractivity contribution < 1.29 is 43.5 Å². The zero-order valence-electron chi connectivity index (χ0n) is 24.1. The van der Waals surface area contributed by atoms with Crippen LogP contribution in [0, 0.1) is 17.8 Å². The second kappa shape index (κ2) is 30.0. The van der Waals surface area contributed by atoms with E-state index in [1.54, 1.807) is 0 Å². The summed E-state index contributed by atoms with van der Waals surface area (Å²) in [6.07, 6.45) is 9.10. The monoisotopic (exact) mass is 1120 g/mol. The zero-order valence-corrected chi connectivity index (χ0v) is 40.6. The summed E-state index contributed by atoms with van der Waals surface area (Å²) in [5.41, 5.74) is 0. The van der Waals surface area contributed by atoms with Gasteiger partial charge in [0, 0.05) is 0 Å². The Kier molecular flexibility index (Phi) is 36.5. The predicted octanol–water partition coefficient (Wildman–Crippen LogP) is 2.49. The molecule has 3 atom stereocenters. The minimum absolute atomic E-state index is 0. The molecule has 0 saturated carbocycles. The van der Waals surface area contributed by atoms with Crippen molar-refractivity contribution in [1.82, 2.24) is 0 Å². The van der Waals surface area contributed by atoms with Crippen LogP contribution < -0.4 is 0 Å². The van der Waals surface area contributed by atoms with Gasteiger partial charge in [-0.1, -0.05) is 80.1 Å². The molecule has 0 heterocycles. The van der Waals surface area contributed by atoms with E-state index in [-0.39, 0.29) is 96.4 Å². The fraction of sp³-hybridized carbons (Fsp3) is 0.875. The van der Waals surface area contributed by atoms with Crippen molar-refractivity contribution in [3.8, 4) is 0 Å². The summed E-state index contributed by atoms with van der Waals surface area (Å²) in [5.74, 6) is -2.88. The van der Waals surface area contributed by atoms with Gasteiger partial charge in [0.1, 0.15) is 0 Å². The van der Waals surface area contributed by atoms with Gasteiger partial charge >= 0.3 is 104 Å². The summed E-state index contributed by atoms with van der Waals surface area (Å²) in [7, 11) is -1.87. The molecule has 0 bridgehead atoms. The Morgan fingerprint density at radius 1 is 0.514 bits per heavy atom. The van der Waals surface area contributed by atoms with Crippen LogP contribution >= 0.6 is 0 Å². The van der Waals surface area contributed by atoms with Crippen LogP contribution in [0.1, 0.15) is 119 Å². The first-order valence-corrected chi connectivity index (χ1v) is 13.0. The van der Waals surface area contributed by atoms with Crippen molar-refractivity contribution in [2.45, 2.75) is 119 Å². The topological polar surface area (TPSA) is 107 Å². The molecule has 13 heteroatoms. The first kappa shape index (κ1) is 45.0. The molecule has 0 fully saturated rings. The van der Waals surface area contributed by atoms with Crippen LogP contribution in [0.3, 0.4) is 0 Å². The Hall–Kier alpha value is 1.00. The van der Waals surface area contributed by atoms with Gasteiger partial charge in [0.15, 0.2) is 0 Å². The van der Waals surface area contributed by atoms with Crippen LogP contribution in [0.4, 0.5) is 0 Å². The third kappa shape index (κ3) is 21.4. The maximum atomic E-state index is 12.3. The quantitative estimate of drug-likeness (QED) is 0.0976. The molecule has 3 unspecified atom stereocenters. The molecule has 0 amide bonds. The van der Waals surface area contributed by atoms with E-state index in [1.807, 2.05) is 41.5 Å². The average molecular weight is 1120 g/mol. The van der Waals surface area contributed by atoms with Crippen molar-refractivity contribution >= 4 is 104 Å². The van der Waals surface area contributed by atoms with E-state index < -0.39 is 25.2 Å². The Morgan fingerprint density at radius 3 is 0.946 bits per heavy atom. The van der Waals surface area contributed by atoms with Crippen LogP contribution in [0.2, 0.25) is 0 Å². The molecule has 0 aromatic heterocycles. The van der Waals surface area contributed by atoms with Gasteiger partial charge < -0.3 is 14.7 Å². The molecule has 0 aliphatic rings. The number of unbranched alkanes of at least 4 members (excludes halogenated alkanes) is 3. The Balaban J connectivity index is -0.00000181. The van der Waals surface area contributed by atoms with E-state index in [0.29, 0.717) is 38.5 Å². The molecule has 0 radical (unpaired) electrons. The van der Waals surface area contributed by atoms with Crippen molar-refractivity contribution in [2.75, 3.05) is 0 Å². The van der Waals surface area contributed by atoms with E-state index >= 15 is 0 Å². The van der Waals surface area contributed by atoms with Crippen LogP contribution in [0.15, 0.2) is 0 Å². The normalized spacial score (nSPS) is 12.5. The zero-order chi connectivity index (χ0) is 25.8. The molecular weight excluding hydrogens is 1070 g/mol. The summed E-state index contributed by atoms with van der Waals surface area (Å²) in [5, 5.41) is 0. The third-order valence-corrected chi connectivity index (χ3v) is 5.82. The Bertz CT molecular complexity index is 498. The van der Waals surface area contributed by atoms with Gasteiger partial charge in [0.25, 0.3) is 0 Å². The Morgan fingerprint density at radius 2 is 0.757 bits per heavy atom. The maximum absolute atomic E-state index is 12.3. The van der Waals surface area contributed by atoms with Gasteiger partial charge in [-0.15, -0.1) is 0 Å². The van der Waals surface area contributed by atoms with E-state index in [0.717, 1.165) is 38.5 Å². The van der Waals surface area contributed by atoms with Crippen LogP contribution in [-0.4, -0.2) is 104 Å². The fourth-order valence-electron chi connectivity index (χ4n) is 3.33. The van der Waals surface area contributed by atoms with Crippen LogP contribution in [-0.2, 0) is 43.5 Å². The van der Waals surface area contributed by atoms with Gasteiger partial charge in [0.2, 0.25) is 0 Å². The van der Waals surface area contributed by atoms with Crippen molar-refractivity contribution in [3.05, 3.63) is 0 Å². The van der Waals surface area contributed by atoms with E-state index in [9.17, 15) is 14.4 Å². The van der Waals surface area contributed by atoms with Crippen LogP contribution in [0.25, 0.3) is 0 Å². The summed E-state index contributed by atoms with van der Waals surface area (Å²) in [6.45, 7) is 11.7. The van der Waals surface area contributed by atoms with Crippen LogP contribution in [0.5, 0.6) is 0 Å². The molecule has 0 aromatic carbocycles. The van der Waals surface area contributed by atoms with E-state index in [2.05, 4.69) is 0 Å². The molecular formula is C24H54BBi3O9. The van der Waals surface area contributed by atoms with Gasteiger partial charge in [0.05, 0.1) is 17.8 Å². The van der Waals surface area contributed by atoms with Gasteiger partial charge in [-0.3, -0.25) is 0 Å². The van der Waals surface area contributed by atoms with Crippen molar-refractivity contribution in [1.29, 1.82) is 0 Å². The second-order valence-corrected chi connectivity index (χ2v) is 8.53. The molecule has 0 aromatic rings. The summed E-state index contributed by atoms with van der Waals surface area (Å²) in [4.78, 5) is 66.3. The first-order chi connectivity index (χ1) is 16.4. The third-order valence-electron chi connectivity index (χ3n) is 5.82. The predicted molar refractivity (Wildman–Crippen MR) is 157 cm³/mol. The number of carbonyl (C=O) groups excluding carboxylic acids is 3. The molecule has 0 rings (SSSR count). The van der Waals surface area contributed by atoms with E-state index in [4.69, 9.17) is 29.1 Å². The number of rotatable bonds is 21. The second-order valence-electron chi connectivity index (χ2n) is 8.53. The molecule has 0 N–H and O–H groups in total. The SMILES string of the molecule is CCCCC(CC)C(=O)OOB(OOC(=O)C(CC)CCCC)OOC(=O)C(CC)CCCC.[BiH3].[BiH3].[BiH3]. The summed E-state index contributed by atoms with van der Waals surface area (Å²) >= 11 is 0. The molecule has 0 aliphatic heterocycles. The van der Waals surface area contributed by atoms with Gasteiger partial charge in [-0.25, -0.2) is 14.4 Å². The van der Waals surface area contributed by atoms with Gasteiger partial charge in [-0.2, -0.15) is 14.4 Å². The summed E-state index contributed by atoms with van der Waals surface area (Å²) in [6, 6.07) is 0. The van der Waals surface area contributed by atoms with Gasteiger partial charge in [-0.05, 0) is 38.5 Å². The number of hydrogen-bond acceptors (Lipinski definition) is 9. The molecule has 222 valence electrons. The van der Waals surface area contributed by atoms with Crippen molar-refractivity contribution in [3.63, 3.8) is 0 Å².